The molecule has 0 saturated carbocycles. The third kappa shape index (κ3) is 4.70. The maximum Gasteiger partial charge on any atom is 0.305 e. The monoisotopic (exact) mass is 246 g/mol. The number of ether oxygens (including phenoxy) is 4. The number of esters is 2. The number of carbonyl (C=O) groups is 2. The molecular weight excluding hydrogens is 228 g/mol. The molecule has 0 amide bonds. The summed E-state index contributed by atoms with van der Waals surface area (Å²) >= 11 is 0. The largest absolute Gasteiger partial charge is 0.469 e. The first kappa shape index (κ1) is 13.9. The van der Waals surface area contributed by atoms with Gasteiger partial charge in [-0.3, -0.25) is 9.59 Å². The van der Waals surface area contributed by atoms with E-state index in [9.17, 15) is 9.59 Å². The molecule has 0 N–H and O–H groups in total. The van der Waals surface area contributed by atoms with Gasteiger partial charge in [-0.05, 0) is 6.92 Å². The van der Waals surface area contributed by atoms with Crippen LogP contribution in [-0.4, -0.2) is 44.2 Å². The predicted molar refractivity (Wildman–Crippen MR) is 57.1 cm³/mol. The van der Waals surface area contributed by atoms with E-state index < -0.39 is 5.79 Å². The van der Waals surface area contributed by atoms with Gasteiger partial charge in [-0.15, -0.1) is 0 Å². The molecule has 98 valence electrons. The molecule has 0 aromatic rings. The standard InChI is InChI=1S/C11H18O6/c1-8(12)15-6-9-7-16-11(2,17-9)5-4-10(13)14-3/h9H,4-7H2,1-3H3. The molecule has 0 radical (unpaired) electrons. The Kier molecular flexibility index (Phi) is 4.89. The minimum absolute atomic E-state index is 0.170. The van der Waals surface area contributed by atoms with Crippen LogP contribution in [0.5, 0.6) is 0 Å². The number of rotatable bonds is 5. The first-order valence-corrected chi connectivity index (χ1v) is 5.47. The molecule has 2 atom stereocenters. The second kappa shape index (κ2) is 5.97. The van der Waals surface area contributed by atoms with Gasteiger partial charge in [0.2, 0.25) is 0 Å². The minimum atomic E-state index is -0.807. The summed E-state index contributed by atoms with van der Waals surface area (Å²) in [5.41, 5.74) is 0. The van der Waals surface area contributed by atoms with Crippen LogP contribution in [0.25, 0.3) is 0 Å². The number of hydrogen-bond donors (Lipinski definition) is 0. The highest BCUT2D eigenvalue weighted by molar-refractivity contribution is 5.69. The highest BCUT2D eigenvalue weighted by Gasteiger charge is 2.37. The topological polar surface area (TPSA) is 71.1 Å². The Morgan fingerprint density at radius 2 is 2.18 bits per heavy atom. The lowest BCUT2D eigenvalue weighted by Gasteiger charge is -2.22. The Hall–Kier alpha value is -1.14. The van der Waals surface area contributed by atoms with Crippen molar-refractivity contribution < 1.29 is 28.5 Å². The van der Waals surface area contributed by atoms with Gasteiger partial charge in [0.25, 0.3) is 0 Å². The summed E-state index contributed by atoms with van der Waals surface area (Å²) < 4.78 is 20.4. The van der Waals surface area contributed by atoms with Crippen molar-refractivity contribution in [3.05, 3.63) is 0 Å². The zero-order valence-electron chi connectivity index (χ0n) is 10.4. The molecule has 6 nitrogen and oxygen atoms in total. The van der Waals surface area contributed by atoms with Crippen LogP contribution in [0, 0.1) is 0 Å². The van der Waals surface area contributed by atoms with Gasteiger partial charge in [0.1, 0.15) is 12.7 Å². The van der Waals surface area contributed by atoms with Crippen LogP contribution >= 0.6 is 0 Å². The Morgan fingerprint density at radius 3 is 2.76 bits per heavy atom. The van der Waals surface area contributed by atoms with Crippen LogP contribution in [0.15, 0.2) is 0 Å². The molecular formula is C11H18O6. The zero-order valence-corrected chi connectivity index (χ0v) is 10.4. The van der Waals surface area contributed by atoms with E-state index in [4.69, 9.17) is 14.2 Å². The maximum atomic E-state index is 11.0. The summed E-state index contributed by atoms with van der Waals surface area (Å²) in [7, 11) is 1.34. The van der Waals surface area contributed by atoms with E-state index in [0.29, 0.717) is 13.0 Å². The van der Waals surface area contributed by atoms with Gasteiger partial charge in [0, 0.05) is 13.3 Å². The summed E-state index contributed by atoms with van der Waals surface area (Å²) in [4.78, 5) is 21.6. The van der Waals surface area contributed by atoms with Gasteiger partial charge < -0.3 is 18.9 Å². The minimum Gasteiger partial charge on any atom is -0.469 e. The summed E-state index contributed by atoms with van der Waals surface area (Å²) in [6.45, 7) is 3.62. The van der Waals surface area contributed by atoms with Gasteiger partial charge in [0.05, 0.1) is 20.1 Å². The number of carbonyl (C=O) groups excluding carboxylic acids is 2. The van der Waals surface area contributed by atoms with Gasteiger partial charge >= 0.3 is 11.9 Å². The molecule has 0 aromatic heterocycles. The highest BCUT2D eigenvalue weighted by Crippen LogP contribution is 2.28. The molecule has 17 heavy (non-hydrogen) atoms. The fourth-order valence-electron chi connectivity index (χ4n) is 1.54. The van der Waals surface area contributed by atoms with E-state index >= 15 is 0 Å². The predicted octanol–water partition coefficient (Wildman–Crippen LogP) is 0.634. The Bertz CT molecular complexity index is 290. The van der Waals surface area contributed by atoms with Crippen LogP contribution in [0.4, 0.5) is 0 Å². The van der Waals surface area contributed by atoms with Crippen LogP contribution < -0.4 is 0 Å². The van der Waals surface area contributed by atoms with E-state index in [1.807, 2.05) is 0 Å². The second-order valence-electron chi connectivity index (χ2n) is 4.06. The molecule has 0 spiro atoms. The molecule has 1 aliphatic rings. The second-order valence-corrected chi connectivity index (χ2v) is 4.06. The zero-order chi connectivity index (χ0) is 12.9. The van der Waals surface area contributed by atoms with E-state index in [-0.39, 0.29) is 31.1 Å². The lowest BCUT2D eigenvalue weighted by atomic mass is 10.2. The molecule has 0 bridgehead atoms. The lowest BCUT2D eigenvalue weighted by Crippen LogP contribution is -2.29. The van der Waals surface area contributed by atoms with Crippen molar-refractivity contribution >= 4 is 11.9 Å². The molecule has 2 unspecified atom stereocenters. The number of methoxy groups -OCH3 is 1. The smallest absolute Gasteiger partial charge is 0.305 e. The Morgan fingerprint density at radius 1 is 1.47 bits per heavy atom. The van der Waals surface area contributed by atoms with Crippen LogP contribution in [-0.2, 0) is 28.5 Å². The first-order chi connectivity index (χ1) is 7.95. The third-order valence-corrected chi connectivity index (χ3v) is 2.47. The molecule has 1 aliphatic heterocycles. The van der Waals surface area contributed by atoms with Gasteiger partial charge in [0.15, 0.2) is 5.79 Å². The summed E-state index contributed by atoms with van der Waals surface area (Å²) in [6.07, 6.45) is 0.366. The average molecular weight is 246 g/mol. The number of hydrogen-bond acceptors (Lipinski definition) is 6. The first-order valence-electron chi connectivity index (χ1n) is 5.47. The van der Waals surface area contributed by atoms with Crippen LogP contribution in [0.1, 0.15) is 26.7 Å². The molecule has 0 aliphatic carbocycles. The maximum absolute atomic E-state index is 11.0. The summed E-state index contributed by atoms with van der Waals surface area (Å²) in [5.74, 6) is -1.46. The molecule has 6 heteroatoms. The fraction of sp³-hybridized carbons (Fsp3) is 0.818. The Labute approximate surface area is 100 Å². The van der Waals surface area contributed by atoms with Crippen LogP contribution in [0.2, 0.25) is 0 Å². The van der Waals surface area contributed by atoms with E-state index in [0.717, 1.165) is 0 Å². The summed E-state index contributed by atoms with van der Waals surface area (Å²) in [5, 5.41) is 0. The van der Waals surface area contributed by atoms with E-state index in [1.54, 1.807) is 6.92 Å². The van der Waals surface area contributed by atoms with Crippen molar-refractivity contribution in [1.82, 2.24) is 0 Å². The Balaban J connectivity index is 2.31. The SMILES string of the molecule is COC(=O)CCC1(C)OCC(COC(C)=O)O1. The quantitative estimate of drug-likeness (QED) is 0.663. The molecule has 1 fully saturated rings. The van der Waals surface area contributed by atoms with Crippen molar-refractivity contribution in [2.75, 3.05) is 20.3 Å². The molecule has 1 heterocycles. The van der Waals surface area contributed by atoms with Crippen molar-refractivity contribution in [3.63, 3.8) is 0 Å². The van der Waals surface area contributed by atoms with E-state index in [1.165, 1.54) is 14.0 Å². The van der Waals surface area contributed by atoms with E-state index in [2.05, 4.69) is 4.74 Å². The molecule has 0 aromatic carbocycles. The normalized spacial score (nSPS) is 27.8. The lowest BCUT2D eigenvalue weighted by molar-refractivity contribution is -0.173. The van der Waals surface area contributed by atoms with Crippen molar-refractivity contribution in [2.45, 2.75) is 38.6 Å². The van der Waals surface area contributed by atoms with Gasteiger partial charge in [-0.2, -0.15) is 0 Å². The fourth-order valence-corrected chi connectivity index (χ4v) is 1.54. The van der Waals surface area contributed by atoms with Crippen molar-refractivity contribution in [1.29, 1.82) is 0 Å². The summed E-state index contributed by atoms with van der Waals surface area (Å²) in [6, 6.07) is 0. The highest BCUT2D eigenvalue weighted by atomic mass is 16.7. The van der Waals surface area contributed by atoms with Crippen molar-refractivity contribution in [2.24, 2.45) is 0 Å². The van der Waals surface area contributed by atoms with Gasteiger partial charge in [-0.1, -0.05) is 0 Å². The van der Waals surface area contributed by atoms with Crippen LogP contribution in [0.3, 0.4) is 0 Å². The average Bonchev–Trinajstić information content (AvgIpc) is 2.66. The molecule has 1 saturated heterocycles. The third-order valence-electron chi connectivity index (χ3n) is 2.47. The van der Waals surface area contributed by atoms with Crippen molar-refractivity contribution in [3.8, 4) is 0 Å². The van der Waals surface area contributed by atoms with Gasteiger partial charge in [-0.25, -0.2) is 0 Å². The molecule has 1 rings (SSSR count).